The Balaban J connectivity index is 2.17. The molecule has 0 unspecified atom stereocenters. The topological polar surface area (TPSA) is 103 Å². The molecule has 0 aliphatic rings. The zero-order chi connectivity index (χ0) is 20.9. The summed E-state index contributed by atoms with van der Waals surface area (Å²) in [6.45, 7) is 1.98. The molecule has 0 saturated heterocycles. The van der Waals surface area contributed by atoms with Gasteiger partial charge in [0, 0.05) is 18.7 Å². The second kappa shape index (κ2) is 8.69. The van der Waals surface area contributed by atoms with Gasteiger partial charge in [-0.25, -0.2) is 8.42 Å². The number of sulfonamides is 1. The van der Waals surface area contributed by atoms with Crippen molar-refractivity contribution in [3.8, 4) is 11.4 Å². The fourth-order valence-corrected chi connectivity index (χ4v) is 3.69. The number of halogens is 3. The van der Waals surface area contributed by atoms with Gasteiger partial charge in [0.1, 0.15) is 0 Å². The van der Waals surface area contributed by atoms with E-state index in [-0.39, 0.29) is 24.5 Å². The van der Waals surface area contributed by atoms with Crippen molar-refractivity contribution in [2.24, 2.45) is 0 Å². The van der Waals surface area contributed by atoms with Crippen molar-refractivity contribution in [2.75, 3.05) is 19.4 Å². The Morgan fingerprint density at radius 1 is 1.25 bits per heavy atom. The van der Waals surface area contributed by atoms with Gasteiger partial charge >= 0.3 is 18.0 Å². The molecule has 2 aromatic rings. The fraction of sp³-hybridized carbons (Fsp3) is 0.438. The molecule has 2 rings (SSSR count). The fourth-order valence-electron chi connectivity index (χ4n) is 2.28. The third kappa shape index (κ3) is 5.52. The van der Waals surface area contributed by atoms with Crippen LogP contribution in [0, 0.1) is 0 Å². The molecule has 1 aromatic carbocycles. The number of aromatic nitrogens is 2. The van der Waals surface area contributed by atoms with E-state index in [1.54, 1.807) is 6.92 Å². The van der Waals surface area contributed by atoms with Crippen LogP contribution in [0.2, 0.25) is 0 Å². The molecule has 8 nitrogen and oxygen atoms in total. The molecular formula is C16H18F3N3O5S. The summed E-state index contributed by atoms with van der Waals surface area (Å²) in [4.78, 5) is 14.6. The van der Waals surface area contributed by atoms with E-state index in [2.05, 4.69) is 19.4 Å². The lowest BCUT2D eigenvalue weighted by Crippen LogP contribution is -2.36. The van der Waals surface area contributed by atoms with Crippen molar-refractivity contribution in [3.63, 3.8) is 0 Å². The molecule has 0 aliphatic carbocycles. The first-order chi connectivity index (χ1) is 13.1. The molecule has 1 heterocycles. The lowest BCUT2D eigenvalue weighted by atomic mass is 10.1. The summed E-state index contributed by atoms with van der Waals surface area (Å²) in [6.07, 6.45) is -4.21. The molecule has 0 N–H and O–H groups in total. The summed E-state index contributed by atoms with van der Waals surface area (Å²) in [5, 5.41) is 3.29. The summed E-state index contributed by atoms with van der Waals surface area (Å²) in [7, 11) is -2.78. The molecule has 154 valence electrons. The summed E-state index contributed by atoms with van der Waals surface area (Å²) in [5.74, 6) is -3.32. The van der Waals surface area contributed by atoms with E-state index >= 15 is 0 Å². The predicted octanol–water partition coefficient (Wildman–Crippen LogP) is 2.47. The zero-order valence-electron chi connectivity index (χ0n) is 15.1. The maximum Gasteiger partial charge on any atom is 0.471 e. The molecule has 0 spiro atoms. The number of nitrogens with zero attached hydrogens (tertiary/aromatic N) is 3. The minimum atomic E-state index is -4.74. The highest BCUT2D eigenvalue weighted by atomic mass is 32.2. The highest BCUT2D eigenvalue weighted by molar-refractivity contribution is 7.89. The average molecular weight is 421 g/mol. The summed E-state index contributed by atoms with van der Waals surface area (Å²) >= 11 is 0. The second-order valence-corrected chi connectivity index (χ2v) is 7.75. The Bertz CT molecular complexity index is 910. The van der Waals surface area contributed by atoms with Crippen LogP contribution in [0.4, 0.5) is 13.2 Å². The number of rotatable bonds is 8. The molecule has 0 aliphatic heterocycles. The number of carbonyl (C=O) groups excluding carboxylic acids is 1. The van der Waals surface area contributed by atoms with Crippen LogP contribution in [0.25, 0.3) is 11.4 Å². The first-order valence-electron chi connectivity index (χ1n) is 8.11. The monoisotopic (exact) mass is 421 g/mol. The number of hydrogen-bond acceptors (Lipinski definition) is 7. The number of methoxy groups -OCH3 is 1. The van der Waals surface area contributed by atoms with Gasteiger partial charge in [-0.1, -0.05) is 36.3 Å². The molecule has 0 radical (unpaired) electrons. The van der Waals surface area contributed by atoms with E-state index in [1.165, 1.54) is 24.3 Å². The molecule has 0 atom stereocenters. The van der Waals surface area contributed by atoms with Crippen molar-refractivity contribution in [2.45, 2.75) is 26.1 Å². The molecule has 0 bridgehead atoms. The smallest absolute Gasteiger partial charge is 0.468 e. The van der Waals surface area contributed by atoms with Gasteiger partial charge in [0.25, 0.3) is 0 Å². The van der Waals surface area contributed by atoms with Gasteiger partial charge in [-0.2, -0.15) is 22.5 Å². The molecule has 12 heteroatoms. The lowest BCUT2D eigenvalue weighted by molar-refractivity contribution is -0.159. The Hall–Kier alpha value is -2.47. The van der Waals surface area contributed by atoms with E-state index in [0.717, 1.165) is 11.4 Å². The van der Waals surface area contributed by atoms with Crippen LogP contribution in [-0.4, -0.2) is 48.2 Å². The van der Waals surface area contributed by atoms with Gasteiger partial charge in [0.2, 0.25) is 15.8 Å². The molecule has 1 aromatic heterocycles. The van der Waals surface area contributed by atoms with Crippen molar-refractivity contribution >= 4 is 16.0 Å². The van der Waals surface area contributed by atoms with Crippen LogP contribution in [-0.2, 0) is 32.3 Å². The van der Waals surface area contributed by atoms with Crippen molar-refractivity contribution in [3.05, 3.63) is 35.7 Å². The predicted molar refractivity (Wildman–Crippen MR) is 91.2 cm³/mol. The minimum Gasteiger partial charge on any atom is -0.468 e. The van der Waals surface area contributed by atoms with Crippen LogP contribution < -0.4 is 0 Å². The highest BCUT2D eigenvalue weighted by Gasteiger charge is 2.38. The first-order valence-corrected chi connectivity index (χ1v) is 9.72. The molecule has 0 amide bonds. The van der Waals surface area contributed by atoms with Gasteiger partial charge in [-0.05, 0) is 12.0 Å². The van der Waals surface area contributed by atoms with Crippen molar-refractivity contribution in [1.29, 1.82) is 0 Å². The lowest BCUT2D eigenvalue weighted by Gasteiger charge is -2.21. The summed E-state index contributed by atoms with van der Waals surface area (Å²) < 4.78 is 72.1. The Morgan fingerprint density at radius 2 is 1.89 bits per heavy atom. The Labute approximate surface area is 159 Å². The van der Waals surface area contributed by atoms with E-state index in [0.29, 0.717) is 12.0 Å². The Kier molecular flexibility index (Phi) is 6.77. The number of carbonyl (C=O) groups is 1. The maximum atomic E-state index is 12.5. The number of alkyl halides is 3. The van der Waals surface area contributed by atoms with Gasteiger partial charge in [0.05, 0.1) is 7.11 Å². The van der Waals surface area contributed by atoms with Crippen LogP contribution in [0.3, 0.4) is 0 Å². The standard InChI is InChI=1S/C16H18F3N3O5S/c1-3-8-22(28(24,25)10-13(23)26-2)9-11-4-6-12(7-5-11)14-20-15(27-21-14)16(17,18)19/h4-7H,3,8-10H2,1-2H3. The van der Waals surface area contributed by atoms with Crippen molar-refractivity contribution < 1.29 is 35.6 Å². The molecule has 0 fully saturated rings. The van der Waals surface area contributed by atoms with E-state index in [1.807, 2.05) is 0 Å². The van der Waals surface area contributed by atoms with Gasteiger partial charge < -0.3 is 9.26 Å². The highest BCUT2D eigenvalue weighted by Crippen LogP contribution is 2.29. The van der Waals surface area contributed by atoms with Crippen LogP contribution in [0.5, 0.6) is 0 Å². The van der Waals surface area contributed by atoms with Crippen LogP contribution >= 0.6 is 0 Å². The first kappa shape index (κ1) is 21.8. The second-order valence-electron chi connectivity index (χ2n) is 5.78. The normalized spacial score (nSPS) is 12.4. The van der Waals surface area contributed by atoms with Crippen LogP contribution in [0.15, 0.2) is 28.8 Å². The van der Waals surface area contributed by atoms with E-state index in [9.17, 15) is 26.4 Å². The zero-order valence-corrected chi connectivity index (χ0v) is 15.9. The third-order valence-electron chi connectivity index (χ3n) is 3.63. The van der Waals surface area contributed by atoms with Crippen molar-refractivity contribution in [1.82, 2.24) is 14.4 Å². The minimum absolute atomic E-state index is 0.00646. The molecule has 0 saturated carbocycles. The van der Waals surface area contributed by atoms with Gasteiger partial charge in [-0.3, -0.25) is 4.79 Å². The van der Waals surface area contributed by atoms with E-state index < -0.39 is 33.8 Å². The Morgan fingerprint density at radius 3 is 2.39 bits per heavy atom. The quantitative estimate of drug-likeness (QED) is 0.603. The molecule has 28 heavy (non-hydrogen) atoms. The number of benzene rings is 1. The van der Waals surface area contributed by atoms with Gasteiger partial charge in [0.15, 0.2) is 5.75 Å². The average Bonchev–Trinajstić information content (AvgIpc) is 3.12. The summed E-state index contributed by atoms with van der Waals surface area (Å²) in [6, 6.07) is 5.99. The number of ether oxygens (including phenoxy) is 1. The largest absolute Gasteiger partial charge is 0.471 e. The third-order valence-corrected chi connectivity index (χ3v) is 5.33. The number of esters is 1. The van der Waals surface area contributed by atoms with E-state index in [4.69, 9.17) is 0 Å². The molecular weight excluding hydrogens is 403 g/mol. The SMILES string of the molecule is CCCN(Cc1ccc(-c2noc(C(F)(F)F)n2)cc1)S(=O)(=O)CC(=O)OC. The van der Waals surface area contributed by atoms with Gasteiger partial charge in [-0.15, -0.1) is 0 Å². The van der Waals surface area contributed by atoms with Crippen LogP contribution in [0.1, 0.15) is 24.8 Å². The maximum absolute atomic E-state index is 12.5. The summed E-state index contributed by atoms with van der Waals surface area (Å²) in [5.41, 5.74) is 0.854. The number of hydrogen-bond donors (Lipinski definition) is 0.